The molecule has 1 aliphatic heterocycles. The monoisotopic (exact) mass is 412 g/mol. The summed E-state index contributed by atoms with van der Waals surface area (Å²) in [5.41, 5.74) is 1.54. The van der Waals surface area contributed by atoms with Gasteiger partial charge in [-0.3, -0.25) is 9.69 Å². The van der Waals surface area contributed by atoms with Gasteiger partial charge >= 0.3 is 6.03 Å². The first-order chi connectivity index (χ1) is 14.5. The molecular formula is C23H29FN4O2. The first-order valence-corrected chi connectivity index (χ1v) is 10.4. The minimum atomic E-state index is -0.346. The standard InChI is InChI=1S/C23H29FN4O2/c1-3-26(4-2)21(18-8-6-5-7-9-18)22(29)27-14-16-28(17-15-27)23(30)25-20-12-10-19(24)11-13-20/h5-13,21H,3-4,14-17H2,1-2H3,(H,25,30). The van der Waals surface area contributed by atoms with Crippen LogP contribution < -0.4 is 5.32 Å². The lowest BCUT2D eigenvalue weighted by Gasteiger charge is -2.38. The molecule has 0 bridgehead atoms. The van der Waals surface area contributed by atoms with Crippen LogP contribution in [0.4, 0.5) is 14.9 Å². The van der Waals surface area contributed by atoms with Crippen LogP contribution in [0.3, 0.4) is 0 Å². The zero-order chi connectivity index (χ0) is 21.5. The van der Waals surface area contributed by atoms with Crippen molar-refractivity contribution >= 4 is 17.6 Å². The SMILES string of the molecule is CCN(CC)C(C(=O)N1CCN(C(=O)Nc2ccc(F)cc2)CC1)c1ccccc1. The van der Waals surface area contributed by atoms with E-state index in [1.807, 2.05) is 35.2 Å². The van der Waals surface area contributed by atoms with Crippen molar-refractivity contribution in [3.05, 3.63) is 66.0 Å². The van der Waals surface area contributed by atoms with Gasteiger partial charge in [-0.25, -0.2) is 9.18 Å². The van der Waals surface area contributed by atoms with Crippen molar-refractivity contribution in [1.29, 1.82) is 0 Å². The van der Waals surface area contributed by atoms with Crippen LogP contribution in [-0.4, -0.2) is 65.9 Å². The second kappa shape index (κ2) is 10.2. The number of nitrogens with one attached hydrogen (secondary N) is 1. The fourth-order valence-electron chi connectivity index (χ4n) is 3.77. The minimum absolute atomic E-state index is 0.0727. The Labute approximate surface area is 177 Å². The molecule has 6 nitrogen and oxygen atoms in total. The quantitative estimate of drug-likeness (QED) is 0.789. The van der Waals surface area contributed by atoms with E-state index in [4.69, 9.17) is 0 Å². The Balaban J connectivity index is 1.63. The topological polar surface area (TPSA) is 55.9 Å². The predicted molar refractivity (Wildman–Crippen MR) is 116 cm³/mol. The second-order valence-electron chi connectivity index (χ2n) is 7.28. The molecular weight excluding hydrogens is 383 g/mol. The lowest BCUT2D eigenvalue weighted by molar-refractivity contribution is -0.138. The molecule has 1 N–H and O–H groups in total. The Morgan fingerprint density at radius 3 is 2.07 bits per heavy atom. The largest absolute Gasteiger partial charge is 0.337 e. The van der Waals surface area contributed by atoms with Crippen LogP contribution in [0.1, 0.15) is 25.5 Å². The average Bonchev–Trinajstić information content (AvgIpc) is 2.79. The van der Waals surface area contributed by atoms with Crippen LogP contribution in [0.2, 0.25) is 0 Å². The maximum absolute atomic E-state index is 13.4. The van der Waals surface area contributed by atoms with Crippen LogP contribution in [0.25, 0.3) is 0 Å². The van der Waals surface area contributed by atoms with Gasteiger partial charge in [-0.05, 0) is 42.9 Å². The summed E-state index contributed by atoms with van der Waals surface area (Å²) in [5.74, 6) is -0.273. The van der Waals surface area contributed by atoms with Crippen LogP contribution in [-0.2, 0) is 4.79 Å². The molecule has 160 valence electrons. The molecule has 1 saturated heterocycles. The normalized spacial score (nSPS) is 15.2. The highest BCUT2D eigenvalue weighted by molar-refractivity contribution is 5.89. The molecule has 1 atom stereocenters. The van der Waals surface area contributed by atoms with Crippen molar-refractivity contribution in [3.63, 3.8) is 0 Å². The molecule has 1 aliphatic rings. The van der Waals surface area contributed by atoms with Crippen LogP contribution in [0, 0.1) is 5.82 Å². The first kappa shape index (κ1) is 21.8. The van der Waals surface area contributed by atoms with Crippen LogP contribution in [0.5, 0.6) is 0 Å². The number of amides is 3. The summed E-state index contributed by atoms with van der Waals surface area (Å²) < 4.78 is 13.0. The first-order valence-electron chi connectivity index (χ1n) is 10.4. The Morgan fingerprint density at radius 1 is 0.933 bits per heavy atom. The molecule has 1 fully saturated rings. The number of halogens is 1. The smallest absolute Gasteiger partial charge is 0.321 e. The van der Waals surface area contributed by atoms with Crippen LogP contribution in [0.15, 0.2) is 54.6 Å². The summed E-state index contributed by atoms with van der Waals surface area (Å²) >= 11 is 0. The summed E-state index contributed by atoms with van der Waals surface area (Å²) in [7, 11) is 0. The minimum Gasteiger partial charge on any atom is -0.337 e. The maximum Gasteiger partial charge on any atom is 0.321 e. The van der Waals surface area contributed by atoms with Gasteiger partial charge in [0.1, 0.15) is 11.9 Å². The second-order valence-corrected chi connectivity index (χ2v) is 7.28. The number of hydrogen-bond donors (Lipinski definition) is 1. The number of nitrogens with zero attached hydrogens (tertiary/aromatic N) is 3. The van der Waals surface area contributed by atoms with E-state index in [9.17, 15) is 14.0 Å². The van der Waals surface area contributed by atoms with Gasteiger partial charge in [0.25, 0.3) is 0 Å². The summed E-state index contributed by atoms with van der Waals surface area (Å²) in [6, 6.07) is 15.0. The average molecular weight is 413 g/mol. The van der Waals surface area contributed by atoms with E-state index in [0.717, 1.165) is 18.7 Å². The van der Waals surface area contributed by atoms with Gasteiger partial charge < -0.3 is 15.1 Å². The van der Waals surface area contributed by atoms with E-state index < -0.39 is 0 Å². The van der Waals surface area contributed by atoms with Gasteiger partial charge in [-0.15, -0.1) is 0 Å². The molecule has 0 radical (unpaired) electrons. The van der Waals surface area contributed by atoms with Crippen molar-refractivity contribution in [1.82, 2.24) is 14.7 Å². The fourth-order valence-corrected chi connectivity index (χ4v) is 3.77. The Bertz CT molecular complexity index is 832. The molecule has 1 heterocycles. The van der Waals surface area contributed by atoms with Gasteiger partial charge in [-0.1, -0.05) is 44.2 Å². The van der Waals surface area contributed by atoms with E-state index in [0.29, 0.717) is 31.9 Å². The molecule has 3 rings (SSSR count). The van der Waals surface area contributed by atoms with E-state index in [1.165, 1.54) is 24.3 Å². The summed E-state index contributed by atoms with van der Waals surface area (Å²) in [6.07, 6.45) is 0. The molecule has 30 heavy (non-hydrogen) atoms. The molecule has 0 aliphatic carbocycles. The van der Waals surface area contributed by atoms with Gasteiger partial charge in [-0.2, -0.15) is 0 Å². The van der Waals surface area contributed by atoms with Gasteiger partial charge in [0, 0.05) is 31.9 Å². The summed E-state index contributed by atoms with van der Waals surface area (Å²) in [4.78, 5) is 31.6. The van der Waals surface area contributed by atoms with Gasteiger partial charge in [0.15, 0.2) is 0 Å². The van der Waals surface area contributed by atoms with E-state index >= 15 is 0 Å². The van der Waals surface area contributed by atoms with E-state index in [2.05, 4.69) is 24.1 Å². The Morgan fingerprint density at radius 2 is 1.50 bits per heavy atom. The van der Waals surface area contributed by atoms with E-state index in [1.54, 1.807) is 4.90 Å². The third kappa shape index (κ3) is 5.16. The van der Waals surface area contributed by atoms with Crippen molar-refractivity contribution in [2.24, 2.45) is 0 Å². The summed E-state index contributed by atoms with van der Waals surface area (Å²) in [5, 5.41) is 2.78. The number of rotatable bonds is 6. The van der Waals surface area contributed by atoms with Crippen molar-refractivity contribution in [2.75, 3.05) is 44.6 Å². The predicted octanol–water partition coefficient (Wildman–Crippen LogP) is 3.58. The van der Waals surface area contributed by atoms with Gasteiger partial charge in [0.05, 0.1) is 0 Å². The lowest BCUT2D eigenvalue weighted by Crippen LogP contribution is -2.54. The number of piperazine rings is 1. The molecule has 2 aromatic rings. The van der Waals surface area contributed by atoms with E-state index in [-0.39, 0.29) is 23.8 Å². The number of likely N-dealkylation sites (N-methyl/N-ethyl adjacent to an activating group) is 1. The number of urea groups is 1. The number of carbonyl (C=O) groups excluding carboxylic acids is 2. The highest BCUT2D eigenvalue weighted by Gasteiger charge is 2.32. The molecule has 0 aromatic heterocycles. The lowest BCUT2D eigenvalue weighted by atomic mass is 10.0. The van der Waals surface area contributed by atoms with Crippen LogP contribution >= 0.6 is 0 Å². The summed E-state index contributed by atoms with van der Waals surface area (Å²) in [6.45, 7) is 7.57. The molecule has 0 spiro atoms. The zero-order valence-corrected chi connectivity index (χ0v) is 17.6. The fraction of sp³-hybridized carbons (Fsp3) is 0.391. The maximum atomic E-state index is 13.4. The van der Waals surface area contributed by atoms with Crippen molar-refractivity contribution in [2.45, 2.75) is 19.9 Å². The molecule has 3 amide bonds. The number of hydrogen-bond acceptors (Lipinski definition) is 3. The molecule has 1 unspecified atom stereocenters. The third-order valence-corrected chi connectivity index (χ3v) is 5.50. The number of carbonyl (C=O) groups is 2. The molecule has 0 saturated carbocycles. The highest BCUT2D eigenvalue weighted by Crippen LogP contribution is 2.24. The van der Waals surface area contributed by atoms with Crippen molar-refractivity contribution in [3.8, 4) is 0 Å². The third-order valence-electron chi connectivity index (χ3n) is 5.50. The molecule has 2 aromatic carbocycles. The molecule has 7 heteroatoms. The highest BCUT2D eigenvalue weighted by atomic mass is 19.1. The Kier molecular flexibility index (Phi) is 7.41. The van der Waals surface area contributed by atoms with Crippen molar-refractivity contribution < 1.29 is 14.0 Å². The zero-order valence-electron chi connectivity index (χ0n) is 17.6. The Hall–Kier alpha value is -2.93. The number of anilines is 1. The number of benzene rings is 2. The van der Waals surface area contributed by atoms with Gasteiger partial charge in [0.2, 0.25) is 5.91 Å².